The fraction of sp³-hybridized carbons (Fsp3) is 0.611. The fourth-order valence-corrected chi connectivity index (χ4v) is 1.85. The zero-order valence-corrected chi connectivity index (χ0v) is 13.2. The van der Waals surface area contributed by atoms with Gasteiger partial charge in [0.05, 0.1) is 6.10 Å². The minimum absolute atomic E-state index is 0.302. The lowest BCUT2D eigenvalue weighted by molar-refractivity contribution is -0.137. The highest BCUT2D eigenvalue weighted by atomic mass is 16.4. The van der Waals surface area contributed by atoms with Crippen LogP contribution in [0.3, 0.4) is 0 Å². The van der Waals surface area contributed by atoms with Crippen LogP contribution in [-0.4, -0.2) is 22.3 Å². The molecule has 0 bridgehead atoms. The third-order valence-corrected chi connectivity index (χ3v) is 3.20. The third kappa shape index (κ3) is 16.6. The number of aliphatic carboxylic acids is 1. The van der Waals surface area contributed by atoms with Gasteiger partial charge in [0.1, 0.15) is 0 Å². The van der Waals surface area contributed by atoms with E-state index in [-0.39, 0.29) is 6.10 Å². The van der Waals surface area contributed by atoms with Gasteiger partial charge >= 0.3 is 5.97 Å². The van der Waals surface area contributed by atoms with Crippen molar-refractivity contribution < 1.29 is 15.0 Å². The van der Waals surface area contributed by atoms with E-state index in [1.807, 2.05) is 19.1 Å². The molecule has 3 heteroatoms. The number of hydrogen-bond acceptors (Lipinski definition) is 2. The van der Waals surface area contributed by atoms with Gasteiger partial charge in [0.2, 0.25) is 0 Å². The number of carboxylic acids is 1. The molecule has 0 rings (SSSR count). The maximum Gasteiger partial charge on any atom is 0.303 e. The lowest BCUT2D eigenvalue weighted by Gasteiger charge is -1.98. The molecule has 0 saturated heterocycles. The second-order valence-electron chi connectivity index (χ2n) is 5.20. The number of rotatable bonds is 13. The number of aliphatic hydroxyl groups is 1. The molecule has 0 radical (unpaired) electrons. The Kier molecular flexibility index (Phi) is 14.1. The Labute approximate surface area is 129 Å². The summed E-state index contributed by atoms with van der Waals surface area (Å²) in [7, 11) is 0. The first-order valence-electron chi connectivity index (χ1n) is 8.05. The van der Waals surface area contributed by atoms with E-state index in [0.717, 1.165) is 38.5 Å². The van der Waals surface area contributed by atoms with Crippen LogP contribution < -0.4 is 0 Å². The second kappa shape index (κ2) is 15.0. The Hall–Kier alpha value is -1.35. The second-order valence-corrected chi connectivity index (χ2v) is 5.20. The van der Waals surface area contributed by atoms with Crippen molar-refractivity contribution in [3.63, 3.8) is 0 Å². The van der Waals surface area contributed by atoms with E-state index < -0.39 is 5.97 Å². The summed E-state index contributed by atoms with van der Waals surface area (Å²) in [6.07, 6.45) is 20.1. The zero-order chi connectivity index (χ0) is 15.8. The number of allylic oxidation sites excluding steroid dienone is 5. The molecule has 0 aromatic heterocycles. The topological polar surface area (TPSA) is 57.5 Å². The molecule has 21 heavy (non-hydrogen) atoms. The maximum atomic E-state index is 10.3. The first-order valence-corrected chi connectivity index (χ1v) is 8.05. The van der Waals surface area contributed by atoms with E-state index in [4.69, 9.17) is 5.11 Å². The number of hydrogen-bond donors (Lipinski definition) is 2. The Morgan fingerprint density at radius 2 is 1.71 bits per heavy atom. The summed E-state index contributed by atoms with van der Waals surface area (Å²) < 4.78 is 0. The Bertz CT molecular complexity index is 329. The predicted molar refractivity (Wildman–Crippen MR) is 88.3 cm³/mol. The summed E-state index contributed by atoms with van der Waals surface area (Å²) in [4.78, 5) is 10.3. The number of carbonyl (C=O) groups is 1. The molecule has 1 atom stereocenters. The van der Waals surface area contributed by atoms with E-state index in [1.165, 1.54) is 12.8 Å². The van der Waals surface area contributed by atoms with Gasteiger partial charge in [0, 0.05) is 6.42 Å². The molecule has 0 aliphatic heterocycles. The van der Waals surface area contributed by atoms with Crippen molar-refractivity contribution in [1.82, 2.24) is 0 Å². The minimum Gasteiger partial charge on any atom is -0.481 e. The van der Waals surface area contributed by atoms with Crippen molar-refractivity contribution in [3.8, 4) is 0 Å². The van der Waals surface area contributed by atoms with Gasteiger partial charge in [0.15, 0.2) is 0 Å². The molecule has 0 saturated carbocycles. The zero-order valence-electron chi connectivity index (χ0n) is 13.2. The third-order valence-electron chi connectivity index (χ3n) is 3.20. The molecule has 2 N–H and O–H groups in total. The van der Waals surface area contributed by atoms with Gasteiger partial charge in [-0.25, -0.2) is 0 Å². The molecule has 0 aromatic carbocycles. The van der Waals surface area contributed by atoms with Gasteiger partial charge < -0.3 is 10.2 Å². The molecule has 0 fully saturated rings. The Balaban J connectivity index is 3.35. The summed E-state index contributed by atoms with van der Waals surface area (Å²) in [6.45, 7) is 1.95. The van der Waals surface area contributed by atoms with Gasteiger partial charge in [-0.2, -0.15) is 0 Å². The van der Waals surface area contributed by atoms with Gasteiger partial charge in [-0.05, 0) is 32.1 Å². The molecule has 0 amide bonds. The van der Waals surface area contributed by atoms with Crippen LogP contribution in [0.4, 0.5) is 0 Å². The van der Waals surface area contributed by atoms with Crippen molar-refractivity contribution in [1.29, 1.82) is 0 Å². The molecule has 3 nitrogen and oxygen atoms in total. The smallest absolute Gasteiger partial charge is 0.303 e. The number of carboxylic acid groups (broad SMARTS) is 1. The lowest BCUT2D eigenvalue weighted by Crippen LogP contribution is -1.97. The summed E-state index contributed by atoms with van der Waals surface area (Å²) >= 11 is 0. The molecule has 0 aromatic rings. The highest BCUT2D eigenvalue weighted by molar-refractivity contribution is 5.66. The quantitative estimate of drug-likeness (QED) is 0.296. The summed E-state index contributed by atoms with van der Waals surface area (Å²) in [5.74, 6) is -0.690. The monoisotopic (exact) mass is 294 g/mol. The van der Waals surface area contributed by atoms with E-state index >= 15 is 0 Å². The van der Waals surface area contributed by atoms with Crippen LogP contribution in [0, 0.1) is 0 Å². The first-order chi connectivity index (χ1) is 10.2. The Morgan fingerprint density at radius 3 is 2.43 bits per heavy atom. The lowest BCUT2D eigenvalue weighted by atomic mass is 10.1. The number of aliphatic hydroxyl groups excluding tert-OH is 1. The normalized spacial score (nSPS) is 13.6. The van der Waals surface area contributed by atoms with Crippen LogP contribution in [0.15, 0.2) is 36.5 Å². The van der Waals surface area contributed by atoms with Crippen LogP contribution in [0.1, 0.15) is 64.7 Å². The molecule has 0 spiro atoms. The average Bonchev–Trinajstić information content (AvgIpc) is 2.46. The van der Waals surface area contributed by atoms with E-state index in [1.54, 1.807) is 6.08 Å². The van der Waals surface area contributed by atoms with Crippen LogP contribution >= 0.6 is 0 Å². The summed E-state index contributed by atoms with van der Waals surface area (Å²) in [5, 5.41) is 17.8. The highest BCUT2D eigenvalue weighted by Gasteiger charge is 1.95. The molecular formula is C18H30O3. The maximum absolute atomic E-state index is 10.3. The van der Waals surface area contributed by atoms with Gasteiger partial charge in [-0.1, -0.05) is 62.6 Å². The SMILES string of the molecule is CCC(O)C=CC=CCC=CCCCCCCCC(=O)O. The van der Waals surface area contributed by atoms with Gasteiger partial charge in [0.25, 0.3) is 0 Å². The van der Waals surface area contributed by atoms with E-state index in [2.05, 4.69) is 18.2 Å². The fourth-order valence-electron chi connectivity index (χ4n) is 1.85. The van der Waals surface area contributed by atoms with Crippen LogP contribution in [-0.2, 0) is 4.79 Å². The van der Waals surface area contributed by atoms with Crippen LogP contribution in [0.5, 0.6) is 0 Å². The molecule has 0 aliphatic carbocycles. The number of unbranched alkanes of at least 4 members (excludes halogenated alkanes) is 5. The summed E-state index contributed by atoms with van der Waals surface area (Å²) in [6, 6.07) is 0. The predicted octanol–water partition coefficient (Wildman–Crippen LogP) is 4.63. The van der Waals surface area contributed by atoms with Crippen molar-refractivity contribution in [3.05, 3.63) is 36.5 Å². The minimum atomic E-state index is -0.690. The van der Waals surface area contributed by atoms with Gasteiger partial charge in [-0.15, -0.1) is 0 Å². The van der Waals surface area contributed by atoms with E-state index in [0.29, 0.717) is 6.42 Å². The van der Waals surface area contributed by atoms with Crippen LogP contribution in [0.2, 0.25) is 0 Å². The standard InChI is InChI=1S/C18H30O3/c1-2-17(19)15-13-11-9-7-5-3-4-6-8-10-12-14-16-18(20)21/h3,5,9,11,13,15,17,19H,2,4,6-8,10,12,14,16H2,1H3,(H,20,21). The average molecular weight is 294 g/mol. The molecule has 0 heterocycles. The van der Waals surface area contributed by atoms with Crippen molar-refractivity contribution >= 4 is 5.97 Å². The largest absolute Gasteiger partial charge is 0.481 e. The van der Waals surface area contributed by atoms with Crippen molar-refractivity contribution in [2.75, 3.05) is 0 Å². The van der Waals surface area contributed by atoms with Crippen LogP contribution in [0.25, 0.3) is 0 Å². The molecular weight excluding hydrogens is 264 g/mol. The highest BCUT2D eigenvalue weighted by Crippen LogP contribution is 2.07. The van der Waals surface area contributed by atoms with Crippen molar-refractivity contribution in [2.45, 2.75) is 70.8 Å². The van der Waals surface area contributed by atoms with E-state index in [9.17, 15) is 9.90 Å². The first kappa shape index (κ1) is 19.7. The Morgan fingerprint density at radius 1 is 1.00 bits per heavy atom. The van der Waals surface area contributed by atoms with Crippen molar-refractivity contribution in [2.24, 2.45) is 0 Å². The molecule has 0 aliphatic rings. The molecule has 1 unspecified atom stereocenters. The molecule has 120 valence electrons. The van der Waals surface area contributed by atoms with Gasteiger partial charge in [-0.3, -0.25) is 4.79 Å². The summed E-state index contributed by atoms with van der Waals surface area (Å²) in [5.41, 5.74) is 0.